The zero-order valence-electron chi connectivity index (χ0n) is 12.8. The van der Waals surface area contributed by atoms with Crippen molar-refractivity contribution in [3.8, 4) is 6.07 Å². The summed E-state index contributed by atoms with van der Waals surface area (Å²) in [6, 6.07) is 3.30. The van der Waals surface area contributed by atoms with E-state index in [-0.39, 0.29) is 17.4 Å². The average molecular weight is 300 g/mol. The number of hydrogen-bond acceptors (Lipinski definition) is 4. The molecule has 2 heterocycles. The molecular weight excluding hydrogens is 280 g/mol. The summed E-state index contributed by atoms with van der Waals surface area (Å²) < 4.78 is 1.32. The number of carbonyl (C=O) groups excluding carboxylic acids is 1. The molecule has 0 N–H and O–H groups in total. The van der Waals surface area contributed by atoms with Gasteiger partial charge < -0.3 is 4.90 Å². The minimum atomic E-state index is -0.586. The molecule has 1 amide bonds. The predicted octanol–water partition coefficient (Wildman–Crippen LogP) is 1.06. The second kappa shape index (κ2) is 5.91. The van der Waals surface area contributed by atoms with Crippen LogP contribution in [0.15, 0.2) is 10.9 Å². The molecule has 1 aromatic heterocycles. The molecule has 22 heavy (non-hydrogen) atoms. The van der Waals surface area contributed by atoms with Crippen LogP contribution in [0.5, 0.6) is 0 Å². The predicted molar refractivity (Wildman–Crippen MR) is 80.2 cm³/mol. The van der Waals surface area contributed by atoms with Gasteiger partial charge in [0.25, 0.3) is 5.56 Å². The second-order valence-electron chi connectivity index (χ2n) is 6.16. The smallest absolute Gasteiger partial charge is 0.267 e. The van der Waals surface area contributed by atoms with E-state index in [1.165, 1.54) is 4.68 Å². The number of piperidine rings is 1. The number of aromatic nitrogens is 2. The molecule has 116 valence electrons. The van der Waals surface area contributed by atoms with E-state index in [1.54, 1.807) is 17.9 Å². The molecule has 1 aromatic rings. The molecule has 0 spiro atoms. The van der Waals surface area contributed by atoms with E-state index < -0.39 is 6.04 Å². The highest BCUT2D eigenvalue weighted by Crippen LogP contribution is 2.21. The van der Waals surface area contributed by atoms with Crippen LogP contribution in [0.1, 0.15) is 43.5 Å². The van der Waals surface area contributed by atoms with Gasteiger partial charge in [-0.25, -0.2) is 4.68 Å². The number of nitrogens with zero attached hydrogens (tertiary/aromatic N) is 4. The molecule has 3 rings (SSSR count). The fourth-order valence-electron chi connectivity index (χ4n) is 3.29. The third-order valence-electron chi connectivity index (χ3n) is 4.70. The highest BCUT2D eigenvalue weighted by molar-refractivity contribution is 5.80. The zero-order chi connectivity index (χ0) is 15.7. The molecule has 1 unspecified atom stereocenters. The van der Waals surface area contributed by atoms with E-state index in [4.69, 9.17) is 5.26 Å². The maximum Gasteiger partial charge on any atom is 0.267 e. The van der Waals surface area contributed by atoms with Crippen LogP contribution in [0.3, 0.4) is 0 Å². The first-order valence-electron chi connectivity index (χ1n) is 7.90. The third-order valence-corrected chi connectivity index (χ3v) is 4.70. The monoisotopic (exact) mass is 300 g/mol. The number of amides is 1. The van der Waals surface area contributed by atoms with E-state index in [2.05, 4.69) is 11.2 Å². The summed E-state index contributed by atoms with van der Waals surface area (Å²) in [5, 5.41) is 13.3. The van der Waals surface area contributed by atoms with Crippen molar-refractivity contribution in [1.29, 1.82) is 5.26 Å². The van der Waals surface area contributed by atoms with Crippen LogP contribution in [0.4, 0.5) is 0 Å². The third kappa shape index (κ3) is 2.63. The summed E-state index contributed by atoms with van der Waals surface area (Å²) >= 11 is 0. The highest BCUT2D eigenvalue weighted by atomic mass is 16.2. The zero-order valence-corrected chi connectivity index (χ0v) is 12.8. The minimum absolute atomic E-state index is 0.0419. The van der Waals surface area contributed by atoms with Gasteiger partial charge >= 0.3 is 0 Å². The van der Waals surface area contributed by atoms with E-state index >= 15 is 0 Å². The van der Waals surface area contributed by atoms with Crippen molar-refractivity contribution in [2.45, 2.75) is 45.1 Å². The van der Waals surface area contributed by atoms with Crippen LogP contribution < -0.4 is 5.56 Å². The van der Waals surface area contributed by atoms with Crippen molar-refractivity contribution >= 4 is 5.91 Å². The Hall–Kier alpha value is -2.16. The molecule has 1 fully saturated rings. The van der Waals surface area contributed by atoms with Crippen LogP contribution in [0.25, 0.3) is 0 Å². The van der Waals surface area contributed by atoms with Crippen molar-refractivity contribution in [2.75, 3.05) is 13.1 Å². The van der Waals surface area contributed by atoms with E-state index in [9.17, 15) is 9.59 Å². The number of carbonyl (C=O) groups is 1. The standard InChI is InChI=1S/C16H20N4O2/c1-11(16(22)19-7-5-12(10-17)6-8-19)20-15(21)9-13-3-2-4-14(13)18-20/h9,11-12H,2-8H2,1H3. The van der Waals surface area contributed by atoms with Crippen molar-refractivity contribution in [3.05, 3.63) is 27.7 Å². The van der Waals surface area contributed by atoms with E-state index in [0.717, 1.165) is 30.5 Å². The lowest BCUT2D eigenvalue weighted by Gasteiger charge is -2.31. The second-order valence-corrected chi connectivity index (χ2v) is 6.16. The first kappa shape index (κ1) is 14.8. The average Bonchev–Trinajstić information content (AvgIpc) is 3.00. The van der Waals surface area contributed by atoms with Crippen LogP contribution in [-0.4, -0.2) is 33.7 Å². The molecule has 0 bridgehead atoms. The van der Waals surface area contributed by atoms with Crippen molar-refractivity contribution in [3.63, 3.8) is 0 Å². The molecule has 1 atom stereocenters. The first-order valence-corrected chi connectivity index (χ1v) is 7.90. The van der Waals surface area contributed by atoms with Gasteiger partial charge in [0.1, 0.15) is 6.04 Å². The fourth-order valence-corrected chi connectivity index (χ4v) is 3.29. The van der Waals surface area contributed by atoms with Crippen molar-refractivity contribution in [2.24, 2.45) is 5.92 Å². The van der Waals surface area contributed by atoms with E-state index in [1.807, 2.05) is 0 Å². The lowest BCUT2D eigenvalue weighted by Crippen LogP contribution is -2.44. The van der Waals surface area contributed by atoms with Gasteiger partial charge in [0.05, 0.1) is 11.8 Å². The van der Waals surface area contributed by atoms with E-state index in [0.29, 0.717) is 25.9 Å². The summed E-state index contributed by atoms with van der Waals surface area (Å²) in [5.74, 6) is -0.0378. The van der Waals surface area contributed by atoms with Gasteiger partial charge in [0.15, 0.2) is 0 Å². The largest absolute Gasteiger partial charge is 0.341 e. The molecule has 0 radical (unpaired) electrons. The number of nitriles is 1. The number of fused-ring (bicyclic) bond motifs is 1. The topological polar surface area (TPSA) is 79.0 Å². The molecule has 0 aromatic carbocycles. The highest BCUT2D eigenvalue weighted by Gasteiger charge is 2.28. The summed E-state index contributed by atoms with van der Waals surface area (Å²) in [6.45, 7) is 2.90. The number of aryl methyl sites for hydroxylation is 2. The van der Waals surface area contributed by atoms with Gasteiger partial charge in [0.2, 0.25) is 5.91 Å². The lowest BCUT2D eigenvalue weighted by molar-refractivity contribution is -0.135. The first-order chi connectivity index (χ1) is 10.6. The minimum Gasteiger partial charge on any atom is -0.341 e. The van der Waals surface area contributed by atoms with Crippen molar-refractivity contribution < 1.29 is 4.79 Å². The molecular formula is C16H20N4O2. The molecule has 2 aliphatic rings. The number of likely N-dealkylation sites (tertiary alicyclic amines) is 1. The van der Waals surface area contributed by atoms with Gasteiger partial charge in [-0.2, -0.15) is 10.4 Å². The van der Waals surface area contributed by atoms with Gasteiger partial charge in [-0.15, -0.1) is 0 Å². The van der Waals surface area contributed by atoms with Crippen molar-refractivity contribution in [1.82, 2.24) is 14.7 Å². The maximum absolute atomic E-state index is 12.6. The molecule has 0 saturated carbocycles. The van der Waals surface area contributed by atoms with Gasteiger partial charge in [-0.1, -0.05) is 0 Å². The maximum atomic E-state index is 12.6. The molecule has 1 aliphatic carbocycles. The Labute approximate surface area is 129 Å². The molecule has 1 saturated heterocycles. The Morgan fingerprint density at radius 1 is 1.41 bits per heavy atom. The summed E-state index contributed by atoms with van der Waals surface area (Å²) in [6.07, 6.45) is 4.23. The molecule has 1 aliphatic heterocycles. The van der Waals surface area contributed by atoms with Crippen LogP contribution >= 0.6 is 0 Å². The Balaban J connectivity index is 1.77. The van der Waals surface area contributed by atoms with Gasteiger partial charge in [0, 0.05) is 25.1 Å². The van der Waals surface area contributed by atoms with Crippen LogP contribution in [-0.2, 0) is 17.6 Å². The molecule has 6 nitrogen and oxygen atoms in total. The Kier molecular flexibility index (Phi) is 3.97. The Morgan fingerprint density at radius 3 is 2.82 bits per heavy atom. The number of hydrogen-bond donors (Lipinski definition) is 0. The SMILES string of the molecule is CC(C(=O)N1CCC(C#N)CC1)n1nc2c(cc1=O)CCC2. The number of rotatable bonds is 2. The van der Waals surface area contributed by atoms with Crippen LogP contribution in [0.2, 0.25) is 0 Å². The van der Waals surface area contributed by atoms with Crippen LogP contribution in [0, 0.1) is 17.2 Å². The van der Waals surface area contributed by atoms with Gasteiger partial charge in [-0.3, -0.25) is 9.59 Å². The Morgan fingerprint density at radius 2 is 2.14 bits per heavy atom. The summed E-state index contributed by atoms with van der Waals surface area (Å²) in [4.78, 5) is 26.5. The quantitative estimate of drug-likeness (QED) is 0.818. The summed E-state index contributed by atoms with van der Waals surface area (Å²) in [5.41, 5.74) is 1.77. The Bertz CT molecular complexity index is 680. The normalized spacial score (nSPS) is 19.5. The fraction of sp³-hybridized carbons (Fsp3) is 0.625. The molecule has 6 heteroatoms. The lowest BCUT2D eigenvalue weighted by atomic mass is 9.98. The van der Waals surface area contributed by atoms with Gasteiger partial charge in [-0.05, 0) is 44.6 Å². The summed E-state index contributed by atoms with van der Waals surface area (Å²) in [7, 11) is 0.